The van der Waals surface area contributed by atoms with E-state index in [0.717, 1.165) is 25.9 Å². The van der Waals surface area contributed by atoms with Crippen LogP contribution in [0.2, 0.25) is 0 Å². The molecule has 2 bridgehead atoms. The molecule has 3 saturated heterocycles. The minimum Gasteiger partial charge on any atom is -0.455 e. The lowest BCUT2D eigenvalue weighted by Gasteiger charge is -2.51. The molecule has 36 heavy (non-hydrogen) atoms. The third-order valence-corrected chi connectivity index (χ3v) is 9.41. The molecule has 188 valence electrons. The molecule has 4 heterocycles. The Balaban J connectivity index is 1.34. The summed E-state index contributed by atoms with van der Waals surface area (Å²) in [5.41, 5.74) is 0.506. The number of hydrogen-bond acceptors (Lipinski definition) is 7. The molecule has 0 spiro atoms. The number of nitrogens with one attached hydrogen (secondary N) is 1. The number of aromatic nitrogens is 1. The molecule has 6 rings (SSSR count). The summed E-state index contributed by atoms with van der Waals surface area (Å²) in [7, 11) is -3.96. The first-order chi connectivity index (χ1) is 17.4. The lowest BCUT2D eigenvalue weighted by atomic mass is 9.83. The van der Waals surface area contributed by atoms with Crippen molar-refractivity contribution in [3.63, 3.8) is 0 Å². The molecule has 3 fully saturated rings. The molecule has 0 radical (unpaired) electrons. The summed E-state index contributed by atoms with van der Waals surface area (Å²) >= 11 is 1.34. The van der Waals surface area contributed by atoms with Gasteiger partial charge in [-0.25, -0.2) is 18.2 Å². The summed E-state index contributed by atoms with van der Waals surface area (Å²) < 4.78 is 35.3. The smallest absolute Gasteiger partial charge is 0.329 e. The van der Waals surface area contributed by atoms with E-state index >= 15 is 0 Å². The van der Waals surface area contributed by atoms with Gasteiger partial charge in [-0.1, -0.05) is 48.5 Å². The van der Waals surface area contributed by atoms with Gasteiger partial charge in [0.05, 0.1) is 18.0 Å². The number of nitrogens with zero attached hydrogens (tertiary/aromatic N) is 2. The summed E-state index contributed by atoms with van der Waals surface area (Å²) in [6.07, 6.45) is 2.96. The molecule has 1 unspecified atom stereocenters. The highest BCUT2D eigenvalue weighted by atomic mass is 32.2. The zero-order valence-electron chi connectivity index (χ0n) is 19.7. The van der Waals surface area contributed by atoms with Gasteiger partial charge in [-0.05, 0) is 17.7 Å². The van der Waals surface area contributed by atoms with E-state index in [4.69, 9.17) is 4.74 Å². The van der Waals surface area contributed by atoms with Crippen LogP contribution in [0.3, 0.4) is 0 Å². The minimum absolute atomic E-state index is 0.00760. The minimum atomic E-state index is -3.96. The van der Waals surface area contributed by atoms with E-state index in [1.807, 2.05) is 0 Å². The Morgan fingerprint density at radius 1 is 1.06 bits per heavy atom. The first-order valence-corrected chi connectivity index (χ1v) is 14.3. The Morgan fingerprint density at radius 3 is 2.36 bits per heavy atom. The van der Waals surface area contributed by atoms with Crippen molar-refractivity contribution in [2.45, 2.75) is 29.9 Å². The Kier molecular flexibility index (Phi) is 7.03. The number of quaternary nitrogens is 1. The summed E-state index contributed by atoms with van der Waals surface area (Å²) in [4.78, 5) is 30.5. The van der Waals surface area contributed by atoms with Crippen molar-refractivity contribution in [2.75, 3.05) is 26.2 Å². The third kappa shape index (κ3) is 5.27. The van der Waals surface area contributed by atoms with Crippen LogP contribution in [0.5, 0.6) is 0 Å². The molecule has 0 saturated carbocycles. The molecular weight excluding hydrogens is 498 g/mol. The molecule has 8 nitrogen and oxygen atoms in total. The predicted molar refractivity (Wildman–Crippen MR) is 135 cm³/mol. The number of fused-ring (bicyclic) bond motifs is 3. The Hall–Kier alpha value is -2.92. The maximum Gasteiger partial charge on any atom is 0.329 e. The van der Waals surface area contributed by atoms with Gasteiger partial charge >= 0.3 is 5.97 Å². The lowest BCUT2D eigenvalue weighted by molar-refractivity contribution is -0.938. The first-order valence-electron chi connectivity index (χ1n) is 12.0. The first kappa shape index (κ1) is 24.8. The van der Waals surface area contributed by atoms with Crippen LogP contribution < -0.4 is 4.72 Å². The van der Waals surface area contributed by atoms with E-state index in [-0.39, 0.29) is 22.7 Å². The van der Waals surface area contributed by atoms with Crippen molar-refractivity contribution in [2.24, 2.45) is 5.92 Å². The van der Waals surface area contributed by atoms with Gasteiger partial charge in [0.1, 0.15) is 19.1 Å². The standard InChI is InChI=1S/C26H28N3O5S2/c30-22(25-27-13-16-35-25)17-29-14-11-19(12-15-29)23(18-29)34-26(31)24(20-7-3-1-4-8-20)28-36(32,33)21-9-5-2-6-10-21/h1-10,13,16,19,23-24,28H,11-12,14-15,17-18H2/q+1/t19?,23-,24?,29?/m0/s1. The number of piperidine rings is 3. The van der Waals surface area contributed by atoms with E-state index in [2.05, 4.69) is 9.71 Å². The summed E-state index contributed by atoms with van der Waals surface area (Å²) in [6, 6.07) is 15.5. The number of carbonyl (C=O) groups excluding carboxylic acids is 2. The van der Waals surface area contributed by atoms with Crippen LogP contribution in [0.4, 0.5) is 0 Å². The highest BCUT2D eigenvalue weighted by Gasteiger charge is 2.49. The van der Waals surface area contributed by atoms with Gasteiger partial charge in [-0.3, -0.25) is 4.79 Å². The van der Waals surface area contributed by atoms with Gasteiger partial charge in [-0.15, -0.1) is 11.3 Å². The predicted octanol–water partition coefficient (Wildman–Crippen LogP) is 3.20. The quantitative estimate of drug-likeness (QED) is 0.261. The molecule has 2 aromatic carbocycles. The van der Waals surface area contributed by atoms with Crippen LogP contribution in [-0.4, -0.2) is 61.9 Å². The number of rotatable bonds is 9. The second-order valence-corrected chi connectivity index (χ2v) is 12.1. The molecule has 0 amide bonds. The summed E-state index contributed by atoms with van der Waals surface area (Å²) in [5.74, 6) is -0.428. The summed E-state index contributed by atoms with van der Waals surface area (Å²) in [5, 5.41) is 2.30. The molecule has 0 aliphatic carbocycles. The molecule has 1 aromatic heterocycles. The molecule has 3 aliphatic rings. The van der Waals surface area contributed by atoms with E-state index in [1.54, 1.807) is 60.1 Å². The van der Waals surface area contributed by atoms with Crippen molar-refractivity contribution in [3.8, 4) is 0 Å². The second kappa shape index (κ2) is 10.2. The third-order valence-electron chi connectivity index (χ3n) is 7.15. The van der Waals surface area contributed by atoms with E-state index in [1.165, 1.54) is 23.5 Å². The lowest BCUT2D eigenvalue weighted by Crippen LogP contribution is -2.66. The van der Waals surface area contributed by atoms with Crippen LogP contribution in [0.1, 0.15) is 34.2 Å². The van der Waals surface area contributed by atoms with Crippen molar-refractivity contribution >= 4 is 33.1 Å². The van der Waals surface area contributed by atoms with E-state index in [0.29, 0.717) is 28.1 Å². The van der Waals surface area contributed by atoms with Gasteiger partial charge in [0, 0.05) is 30.3 Å². The molecule has 3 aromatic rings. The number of thiazole rings is 1. The number of esters is 1. The fourth-order valence-corrected chi connectivity index (χ4v) is 7.01. The summed E-state index contributed by atoms with van der Waals surface area (Å²) in [6.45, 7) is 2.59. The number of benzene rings is 2. The highest BCUT2D eigenvalue weighted by Crippen LogP contribution is 2.36. The monoisotopic (exact) mass is 526 g/mol. The van der Waals surface area contributed by atoms with E-state index in [9.17, 15) is 18.0 Å². The number of sulfonamides is 1. The molecule has 1 N–H and O–H groups in total. The van der Waals surface area contributed by atoms with Gasteiger partial charge in [-0.2, -0.15) is 4.72 Å². The van der Waals surface area contributed by atoms with Crippen molar-refractivity contribution < 1.29 is 27.2 Å². The average molecular weight is 527 g/mol. The van der Waals surface area contributed by atoms with Crippen molar-refractivity contribution in [1.82, 2.24) is 9.71 Å². The molecule has 3 aliphatic heterocycles. The number of ether oxygens (including phenoxy) is 1. The second-order valence-electron chi connectivity index (χ2n) is 9.48. The van der Waals surface area contributed by atoms with E-state index < -0.39 is 22.0 Å². The largest absolute Gasteiger partial charge is 0.455 e. The average Bonchev–Trinajstić information content (AvgIpc) is 3.44. The van der Waals surface area contributed by atoms with Gasteiger partial charge in [0.2, 0.25) is 15.8 Å². The topological polar surface area (TPSA) is 102 Å². The van der Waals surface area contributed by atoms with Crippen LogP contribution in [0, 0.1) is 5.92 Å². The van der Waals surface area contributed by atoms with Crippen molar-refractivity contribution in [1.29, 1.82) is 0 Å². The molecular formula is C26H28N3O5S2+. The Bertz CT molecular complexity index is 1310. The van der Waals surface area contributed by atoms with Crippen LogP contribution in [-0.2, 0) is 19.6 Å². The number of Topliss-reactive ketones (excluding diaryl/α,β-unsaturated/α-hetero) is 1. The zero-order chi connectivity index (χ0) is 25.2. The van der Waals surface area contributed by atoms with Gasteiger partial charge in [0.25, 0.3) is 0 Å². The normalized spacial score (nSPS) is 24.2. The maximum absolute atomic E-state index is 13.5. The number of hydrogen-bond donors (Lipinski definition) is 1. The van der Waals surface area contributed by atoms with Crippen LogP contribution >= 0.6 is 11.3 Å². The Morgan fingerprint density at radius 2 is 1.72 bits per heavy atom. The molecule has 2 atom stereocenters. The van der Waals surface area contributed by atoms with Gasteiger partial charge < -0.3 is 9.22 Å². The van der Waals surface area contributed by atoms with Crippen molar-refractivity contribution in [3.05, 3.63) is 82.8 Å². The number of ketones is 1. The van der Waals surface area contributed by atoms with Crippen LogP contribution in [0.25, 0.3) is 0 Å². The Labute approximate surface area is 214 Å². The SMILES string of the molecule is O=C(C[N+]12CCC(CC1)[C@@H](OC(=O)C(NS(=O)(=O)c1ccccc1)c1ccccc1)C2)c1nccs1. The van der Waals surface area contributed by atoms with Gasteiger partial charge in [0.15, 0.2) is 11.1 Å². The fraction of sp³-hybridized carbons (Fsp3) is 0.346. The zero-order valence-corrected chi connectivity index (χ0v) is 21.3. The molecule has 10 heteroatoms. The number of carbonyl (C=O) groups is 2. The maximum atomic E-state index is 13.5. The highest BCUT2D eigenvalue weighted by molar-refractivity contribution is 7.89. The fourth-order valence-electron chi connectivity index (χ4n) is 5.25. The van der Waals surface area contributed by atoms with Crippen LogP contribution in [0.15, 0.2) is 77.1 Å².